The summed E-state index contributed by atoms with van der Waals surface area (Å²) >= 11 is 0. The SMILES string of the molecule is CCNC(=NCC(O)c1cccc(OC)c1)N1CCOC(c2ccc(C)cc2C)C1.I. The van der Waals surface area contributed by atoms with Gasteiger partial charge in [-0.05, 0) is 49.6 Å². The van der Waals surface area contributed by atoms with Crippen LogP contribution in [0.3, 0.4) is 0 Å². The van der Waals surface area contributed by atoms with Crippen LogP contribution in [0.5, 0.6) is 5.75 Å². The van der Waals surface area contributed by atoms with E-state index in [0.717, 1.165) is 36.9 Å². The molecule has 31 heavy (non-hydrogen) atoms. The first kappa shape index (κ1) is 25.4. The summed E-state index contributed by atoms with van der Waals surface area (Å²) in [6, 6.07) is 14.0. The Labute approximate surface area is 202 Å². The van der Waals surface area contributed by atoms with Crippen molar-refractivity contribution in [3.8, 4) is 5.75 Å². The van der Waals surface area contributed by atoms with Crippen LogP contribution in [0.2, 0.25) is 0 Å². The molecule has 7 heteroatoms. The molecule has 2 unspecified atom stereocenters. The molecule has 0 spiro atoms. The van der Waals surface area contributed by atoms with E-state index in [0.29, 0.717) is 6.61 Å². The zero-order valence-corrected chi connectivity index (χ0v) is 21.1. The van der Waals surface area contributed by atoms with Crippen molar-refractivity contribution < 1.29 is 14.6 Å². The molecule has 2 N–H and O–H groups in total. The number of morpholine rings is 1. The van der Waals surface area contributed by atoms with Gasteiger partial charge in [0.05, 0.1) is 32.9 Å². The van der Waals surface area contributed by atoms with Crippen molar-refractivity contribution in [2.75, 3.05) is 39.9 Å². The third-order valence-electron chi connectivity index (χ3n) is 5.37. The number of hydrogen-bond acceptors (Lipinski definition) is 4. The van der Waals surface area contributed by atoms with Gasteiger partial charge in [-0.15, -0.1) is 24.0 Å². The lowest BCUT2D eigenvalue weighted by Crippen LogP contribution is -2.48. The first-order chi connectivity index (χ1) is 14.5. The molecule has 6 nitrogen and oxygen atoms in total. The van der Waals surface area contributed by atoms with E-state index in [9.17, 15) is 5.11 Å². The van der Waals surface area contributed by atoms with Crippen LogP contribution in [0.15, 0.2) is 47.5 Å². The monoisotopic (exact) mass is 539 g/mol. The number of guanidine groups is 1. The van der Waals surface area contributed by atoms with Gasteiger partial charge in [-0.25, -0.2) is 0 Å². The van der Waals surface area contributed by atoms with Crippen LogP contribution in [0.4, 0.5) is 0 Å². The fraction of sp³-hybridized carbons (Fsp3) is 0.458. The van der Waals surface area contributed by atoms with Crippen LogP contribution in [0.25, 0.3) is 0 Å². The van der Waals surface area contributed by atoms with Crippen molar-refractivity contribution in [3.05, 3.63) is 64.7 Å². The summed E-state index contributed by atoms with van der Waals surface area (Å²) in [5.41, 5.74) is 4.52. The van der Waals surface area contributed by atoms with Gasteiger partial charge in [-0.2, -0.15) is 0 Å². The summed E-state index contributed by atoms with van der Waals surface area (Å²) in [5.74, 6) is 1.53. The highest BCUT2D eigenvalue weighted by Gasteiger charge is 2.25. The number of aliphatic hydroxyl groups is 1. The third kappa shape index (κ3) is 6.82. The van der Waals surface area contributed by atoms with Crippen LogP contribution in [0, 0.1) is 13.8 Å². The predicted molar refractivity (Wildman–Crippen MR) is 136 cm³/mol. The number of nitrogens with zero attached hydrogens (tertiary/aromatic N) is 2. The maximum absolute atomic E-state index is 10.6. The number of aryl methyl sites for hydroxylation is 2. The van der Waals surface area contributed by atoms with Gasteiger partial charge in [-0.1, -0.05) is 35.9 Å². The van der Waals surface area contributed by atoms with Crippen LogP contribution in [-0.4, -0.2) is 55.9 Å². The van der Waals surface area contributed by atoms with Gasteiger partial charge in [0.25, 0.3) is 0 Å². The highest BCUT2D eigenvalue weighted by Crippen LogP contribution is 2.26. The van der Waals surface area contributed by atoms with E-state index in [4.69, 9.17) is 14.5 Å². The maximum atomic E-state index is 10.6. The molecule has 0 bridgehead atoms. The number of methoxy groups -OCH3 is 1. The lowest BCUT2D eigenvalue weighted by atomic mass is 10.00. The van der Waals surface area contributed by atoms with Crippen LogP contribution in [0.1, 0.15) is 41.4 Å². The molecule has 0 saturated carbocycles. The minimum absolute atomic E-state index is 0. The highest BCUT2D eigenvalue weighted by atomic mass is 127. The van der Waals surface area contributed by atoms with Gasteiger partial charge in [0.2, 0.25) is 0 Å². The van der Waals surface area contributed by atoms with E-state index in [1.807, 2.05) is 24.3 Å². The van der Waals surface area contributed by atoms with Gasteiger partial charge in [0.15, 0.2) is 5.96 Å². The third-order valence-corrected chi connectivity index (χ3v) is 5.37. The molecule has 1 saturated heterocycles. The maximum Gasteiger partial charge on any atom is 0.194 e. The normalized spacial score (nSPS) is 17.6. The first-order valence-corrected chi connectivity index (χ1v) is 10.6. The van der Waals surface area contributed by atoms with Crippen molar-refractivity contribution in [2.45, 2.75) is 33.0 Å². The van der Waals surface area contributed by atoms with Gasteiger partial charge < -0.3 is 24.8 Å². The van der Waals surface area contributed by atoms with E-state index in [1.165, 1.54) is 16.7 Å². The van der Waals surface area contributed by atoms with Crippen molar-refractivity contribution in [2.24, 2.45) is 4.99 Å². The average Bonchev–Trinajstić information content (AvgIpc) is 2.76. The fourth-order valence-corrected chi connectivity index (χ4v) is 3.77. The van der Waals surface area contributed by atoms with E-state index >= 15 is 0 Å². The molecule has 0 amide bonds. The fourth-order valence-electron chi connectivity index (χ4n) is 3.77. The molecule has 1 aliphatic heterocycles. The quantitative estimate of drug-likeness (QED) is 0.330. The Bertz CT molecular complexity index is 875. The van der Waals surface area contributed by atoms with E-state index in [2.05, 4.69) is 49.2 Å². The van der Waals surface area contributed by atoms with Gasteiger partial charge >= 0.3 is 0 Å². The zero-order chi connectivity index (χ0) is 21.5. The van der Waals surface area contributed by atoms with Gasteiger partial charge in [-0.3, -0.25) is 4.99 Å². The Morgan fingerprint density at radius 1 is 1.29 bits per heavy atom. The standard InChI is InChI=1S/C24H33N3O3.HI/c1-5-25-24(26-15-22(28)19-7-6-8-20(14-19)29-4)27-11-12-30-23(16-27)21-10-9-17(2)13-18(21)3;/h6-10,13-14,22-23,28H,5,11-12,15-16H2,1-4H3,(H,25,26);1H. The molecule has 1 heterocycles. The molecule has 2 aromatic rings. The Kier molecular flexibility index (Phi) is 10.1. The average molecular weight is 539 g/mol. The Morgan fingerprint density at radius 2 is 2.10 bits per heavy atom. The number of halogens is 1. The van der Waals surface area contributed by atoms with Gasteiger partial charge in [0.1, 0.15) is 11.9 Å². The zero-order valence-electron chi connectivity index (χ0n) is 18.8. The van der Waals surface area contributed by atoms with E-state index in [1.54, 1.807) is 7.11 Å². The second-order valence-electron chi connectivity index (χ2n) is 7.65. The predicted octanol–water partition coefficient (Wildman–Crippen LogP) is 4.00. The minimum Gasteiger partial charge on any atom is -0.497 e. The number of hydrogen-bond donors (Lipinski definition) is 2. The molecule has 170 valence electrons. The topological polar surface area (TPSA) is 66.3 Å². The van der Waals surface area contributed by atoms with E-state index in [-0.39, 0.29) is 36.6 Å². The highest BCUT2D eigenvalue weighted by molar-refractivity contribution is 14.0. The van der Waals surface area contributed by atoms with Crippen molar-refractivity contribution in [1.82, 2.24) is 10.2 Å². The molecule has 1 fully saturated rings. The smallest absolute Gasteiger partial charge is 0.194 e. The molecule has 1 aliphatic rings. The Morgan fingerprint density at radius 3 is 2.81 bits per heavy atom. The number of rotatable bonds is 6. The summed E-state index contributed by atoms with van der Waals surface area (Å²) in [6.45, 7) is 9.47. The molecule has 0 radical (unpaired) electrons. The number of nitrogens with one attached hydrogen (secondary N) is 1. The lowest BCUT2D eigenvalue weighted by Gasteiger charge is -2.36. The molecule has 3 rings (SSSR count). The minimum atomic E-state index is -0.690. The number of aliphatic hydroxyl groups excluding tert-OH is 1. The Hall–Kier alpha value is -1.84. The van der Waals surface area contributed by atoms with Gasteiger partial charge in [0, 0.05) is 13.1 Å². The van der Waals surface area contributed by atoms with E-state index < -0.39 is 6.10 Å². The number of benzene rings is 2. The molecular weight excluding hydrogens is 505 g/mol. The van der Waals surface area contributed by atoms with Crippen LogP contribution >= 0.6 is 24.0 Å². The summed E-state index contributed by atoms with van der Waals surface area (Å²) in [4.78, 5) is 6.94. The summed E-state index contributed by atoms with van der Waals surface area (Å²) in [6.07, 6.45) is -0.684. The van der Waals surface area contributed by atoms with Crippen LogP contribution in [-0.2, 0) is 4.74 Å². The summed E-state index contributed by atoms with van der Waals surface area (Å²) in [5, 5.41) is 14.0. The second-order valence-corrected chi connectivity index (χ2v) is 7.65. The van der Waals surface area contributed by atoms with Crippen molar-refractivity contribution >= 4 is 29.9 Å². The van der Waals surface area contributed by atoms with Crippen molar-refractivity contribution in [1.29, 1.82) is 0 Å². The van der Waals surface area contributed by atoms with Crippen molar-refractivity contribution in [3.63, 3.8) is 0 Å². The summed E-state index contributed by atoms with van der Waals surface area (Å²) in [7, 11) is 1.62. The number of ether oxygens (including phenoxy) is 2. The van der Waals surface area contributed by atoms with Crippen LogP contribution < -0.4 is 10.1 Å². The molecule has 0 aromatic heterocycles. The first-order valence-electron chi connectivity index (χ1n) is 10.6. The number of aliphatic imine (C=N–C) groups is 1. The summed E-state index contributed by atoms with van der Waals surface area (Å²) < 4.78 is 11.3. The molecular formula is C24H34IN3O3. The molecule has 2 aromatic carbocycles. The molecule has 2 atom stereocenters. The second kappa shape index (κ2) is 12.3. The molecule has 0 aliphatic carbocycles. The largest absolute Gasteiger partial charge is 0.497 e. The Balaban J connectivity index is 0.00000341. The lowest BCUT2D eigenvalue weighted by molar-refractivity contribution is -0.00840.